The van der Waals surface area contributed by atoms with Gasteiger partial charge in [-0.2, -0.15) is 0 Å². The number of hydrogen-bond donors (Lipinski definition) is 0. The SMILES string of the molecule is S=CCN1CCSC1c1ccco1. The van der Waals surface area contributed by atoms with E-state index in [0.717, 1.165) is 24.6 Å². The largest absolute Gasteiger partial charge is 0.467 e. The first kappa shape index (κ1) is 9.24. The molecule has 1 aliphatic rings. The van der Waals surface area contributed by atoms with Crippen molar-refractivity contribution in [3.63, 3.8) is 0 Å². The van der Waals surface area contributed by atoms with Crippen molar-refractivity contribution >= 4 is 29.3 Å². The monoisotopic (exact) mass is 213 g/mol. The van der Waals surface area contributed by atoms with Crippen LogP contribution in [0.3, 0.4) is 0 Å². The summed E-state index contributed by atoms with van der Waals surface area (Å²) in [6.45, 7) is 1.97. The molecule has 1 aromatic heterocycles. The standard InChI is InChI=1S/C9H11NOS2/c12-6-3-10-4-7-13-9(10)8-2-1-5-11-8/h1-2,5-6,9H,3-4,7H2. The zero-order chi connectivity index (χ0) is 9.10. The summed E-state index contributed by atoms with van der Waals surface area (Å²) in [4.78, 5) is 2.33. The molecular weight excluding hydrogens is 202 g/mol. The van der Waals surface area contributed by atoms with E-state index in [9.17, 15) is 0 Å². The van der Waals surface area contributed by atoms with Crippen LogP contribution < -0.4 is 0 Å². The van der Waals surface area contributed by atoms with Crippen LogP contribution in [0, 0.1) is 0 Å². The minimum atomic E-state index is 0.370. The molecule has 1 unspecified atom stereocenters. The molecule has 0 bridgehead atoms. The minimum Gasteiger partial charge on any atom is -0.467 e. The van der Waals surface area contributed by atoms with Gasteiger partial charge in [-0.15, -0.1) is 11.8 Å². The van der Waals surface area contributed by atoms with Crippen molar-refractivity contribution in [3.8, 4) is 0 Å². The highest BCUT2D eigenvalue weighted by Crippen LogP contribution is 2.37. The molecule has 70 valence electrons. The lowest BCUT2D eigenvalue weighted by Gasteiger charge is -2.19. The average molecular weight is 213 g/mol. The topological polar surface area (TPSA) is 16.4 Å². The summed E-state index contributed by atoms with van der Waals surface area (Å²) >= 11 is 6.78. The van der Waals surface area contributed by atoms with Crippen LogP contribution in [0.15, 0.2) is 22.8 Å². The normalized spacial score (nSPS) is 23.5. The van der Waals surface area contributed by atoms with E-state index in [4.69, 9.17) is 16.6 Å². The number of nitrogens with zero attached hydrogens (tertiary/aromatic N) is 1. The summed E-state index contributed by atoms with van der Waals surface area (Å²) in [5.41, 5.74) is 0. The van der Waals surface area contributed by atoms with Gasteiger partial charge in [0.1, 0.15) is 11.1 Å². The highest BCUT2D eigenvalue weighted by atomic mass is 32.2. The van der Waals surface area contributed by atoms with Crippen molar-refractivity contribution in [1.82, 2.24) is 4.90 Å². The Balaban J connectivity index is 2.09. The number of hydrogen-bond acceptors (Lipinski definition) is 4. The summed E-state index contributed by atoms with van der Waals surface area (Å²) in [6.07, 6.45) is 1.73. The Bertz CT molecular complexity index is 273. The Kier molecular flexibility index (Phi) is 3.03. The van der Waals surface area contributed by atoms with Gasteiger partial charge in [-0.05, 0) is 17.5 Å². The van der Waals surface area contributed by atoms with Crippen molar-refractivity contribution in [2.45, 2.75) is 5.37 Å². The van der Waals surface area contributed by atoms with Crippen molar-refractivity contribution in [2.24, 2.45) is 0 Å². The molecular formula is C9H11NOS2. The zero-order valence-electron chi connectivity index (χ0n) is 7.18. The summed E-state index contributed by atoms with van der Waals surface area (Å²) in [5, 5.41) is 2.15. The average Bonchev–Trinajstić information content (AvgIpc) is 2.71. The number of furan rings is 1. The lowest BCUT2D eigenvalue weighted by atomic mass is 10.4. The van der Waals surface area contributed by atoms with E-state index in [1.807, 2.05) is 23.9 Å². The minimum absolute atomic E-state index is 0.370. The second-order valence-electron chi connectivity index (χ2n) is 2.90. The van der Waals surface area contributed by atoms with Gasteiger partial charge in [-0.3, -0.25) is 4.90 Å². The van der Waals surface area contributed by atoms with E-state index in [-0.39, 0.29) is 0 Å². The van der Waals surface area contributed by atoms with Crippen LogP contribution in [0.5, 0.6) is 0 Å². The molecule has 0 aromatic carbocycles. The molecule has 1 saturated heterocycles. The van der Waals surface area contributed by atoms with Gasteiger partial charge in [0.05, 0.1) is 6.26 Å². The fourth-order valence-corrected chi connectivity index (χ4v) is 2.94. The van der Waals surface area contributed by atoms with Crippen LogP contribution in [0.1, 0.15) is 11.1 Å². The van der Waals surface area contributed by atoms with E-state index < -0.39 is 0 Å². The highest BCUT2D eigenvalue weighted by molar-refractivity contribution is 7.99. The summed E-state index contributed by atoms with van der Waals surface area (Å²) in [7, 11) is 0. The summed E-state index contributed by atoms with van der Waals surface area (Å²) in [6, 6.07) is 3.96. The van der Waals surface area contributed by atoms with Crippen LogP contribution in [0.4, 0.5) is 0 Å². The second kappa shape index (κ2) is 4.26. The van der Waals surface area contributed by atoms with Crippen molar-refractivity contribution in [2.75, 3.05) is 18.8 Å². The van der Waals surface area contributed by atoms with Gasteiger partial charge in [-0.1, -0.05) is 12.2 Å². The molecule has 1 fully saturated rings. The molecule has 0 N–H and O–H groups in total. The molecule has 4 heteroatoms. The smallest absolute Gasteiger partial charge is 0.131 e. The molecule has 0 aliphatic carbocycles. The molecule has 0 spiro atoms. The molecule has 0 radical (unpaired) electrons. The molecule has 1 aliphatic heterocycles. The van der Waals surface area contributed by atoms with Gasteiger partial charge in [0.25, 0.3) is 0 Å². The highest BCUT2D eigenvalue weighted by Gasteiger charge is 2.27. The predicted octanol–water partition coefficient (Wildman–Crippen LogP) is 2.33. The number of rotatable bonds is 3. The van der Waals surface area contributed by atoms with Gasteiger partial charge >= 0.3 is 0 Å². The van der Waals surface area contributed by atoms with E-state index in [1.54, 1.807) is 11.6 Å². The van der Waals surface area contributed by atoms with Gasteiger partial charge < -0.3 is 4.42 Å². The van der Waals surface area contributed by atoms with Gasteiger partial charge in [0.2, 0.25) is 0 Å². The van der Waals surface area contributed by atoms with Crippen molar-refractivity contribution < 1.29 is 4.42 Å². The maximum Gasteiger partial charge on any atom is 0.131 e. The zero-order valence-corrected chi connectivity index (χ0v) is 8.81. The second-order valence-corrected chi connectivity index (χ2v) is 4.42. The molecule has 2 nitrogen and oxygen atoms in total. The lowest BCUT2D eigenvalue weighted by molar-refractivity contribution is 0.301. The maximum atomic E-state index is 5.38. The fourth-order valence-electron chi connectivity index (χ4n) is 1.48. The third-order valence-corrected chi connectivity index (χ3v) is 3.50. The van der Waals surface area contributed by atoms with E-state index >= 15 is 0 Å². The molecule has 1 aromatic rings. The van der Waals surface area contributed by atoms with Crippen LogP contribution in [0.2, 0.25) is 0 Å². The summed E-state index contributed by atoms with van der Waals surface area (Å²) in [5.74, 6) is 2.20. The Morgan fingerprint density at radius 1 is 1.77 bits per heavy atom. The Morgan fingerprint density at radius 2 is 2.69 bits per heavy atom. The van der Waals surface area contributed by atoms with Gasteiger partial charge in [-0.25, -0.2) is 0 Å². The van der Waals surface area contributed by atoms with E-state index in [0.29, 0.717) is 5.37 Å². The first-order chi connectivity index (χ1) is 6.42. The Hall–Kier alpha value is -0.320. The molecule has 1 atom stereocenters. The molecule has 0 amide bonds. The summed E-state index contributed by atoms with van der Waals surface area (Å²) < 4.78 is 5.38. The van der Waals surface area contributed by atoms with Crippen molar-refractivity contribution in [3.05, 3.63) is 24.2 Å². The van der Waals surface area contributed by atoms with Gasteiger partial charge in [0.15, 0.2) is 0 Å². The Labute approximate surface area is 87.3 Å². The molecule has 2 rings (SSSR count). The van der Waals surface area contributed by atoms with E-state index in [1.165, 1.54) is 0 Å². The number of thiocarbonyl (C=S) groups is 1. The Morgan fingerprint density at radius 3 is 3.38 bits per heavy atom. The van der Waals surface area contributed by atoms with Crippen molar-refractivity contribution in [1.29, 1.82) is 0 Å². The molecule has 0 saturated carbocycles. The van der Waals surface area contributed by atoms with Crippen LogP contribution in [-0.2, 0) is 0 Å². The van der Waals surface area contributed by atoms with Crippen LogP contribution in [0.25, 0.3) is 0 Å². The predicted molar refractivity (Wildman–Crippen MR) is 59.1 cm³/mol. The fraction of sp³-hybridized carbons (Fsp3) is 0.444. The first-order valence-electron chi connectivity index (χ1n) is 4.24. The molecule has 13 heavy (non-hydrogen) atoms. The van der Waals surface area contributed by atoms with Crippen LogP contribution in [-0.4, -0.2) is 29.1 Å². The molecule has 2 heterocycles. The quantitative estimate of drug-likeness (QED) is 0.716. The lowest BCUT2D eigenvalue weighted by Crippen LogP contribution is -2.24. The van der Waals surface area contributed by atoms with Gasteiger partial charge in [0, 0.05) is 18.8 Å². The number of thioether (sulfide) groups is 1. The first-order valence-corrected chi connectivity index (χ1v) is 5.76. The van der Waals surface area contributed by atoms with E-state index in [2.05, 4.69) is 4.90 Å². The maximum absolute atomic E-state index is 5.38. The van der Waals surface area contributed by atoms with Crippen LogP contribution >= 0.6 is 24.0 Å². The third kappa shape index (κ3) is 1.95. The third-order valence-electron chi connectivity index (χ3n) is 2.08.